The smallest absolute Gasteiger partial charge is 0.338 e. The van der Waals surface area contributed by atoms with Crippen LogP contribution in [-0.4, -0.2) is 29.9 Å². The third kappa shape index (κ3) is 4.20. The quantitative estimate of drug-likeness (QED) is 0.387. The molecule has 10 heteroatoms. The van der Waals surface area contributed by atoms with Crippen LogP contribution in [0.3, 0.4) is 0 Å². The van der Waals surface area contributed by atoms with Crippen LogP contribution in [0, 0.1) is 0 Å². The van der Waals surface area contributed by atoms with Gasteiger partial charge in [0.1, 0.15) is 5.75 Å². The normalized spacial score (nSPS) is 16.4. The van der Waals surface area contributed by atoms with Crippen LogP contribution in [0.25, 0.3) is 6.08 Å². The molecule has 1 aromatic heterocycles. The number of benzene rings is 2. The number of thiazole rings is 1. The summed E-state index contributed by atoms with van der Waals surface area (Å²) in [6.07, 6.45) is 1.65. The predicted octanol–water partition coefficient (Wildman–Crippen LogP) is 2.45. The molecule has 0 amide bonds. The molecule has 5 rings (SSSR count). The maximum absolute atomic E-state index is 13.7. The van der Waals surface area contributed by atoms with Gasteiger partial charge < -0.3 is 18.9 Å². The zero-order valence-electron chi connectivity index (χ0n) is 19.8. The standard InChI is InChI=1S/C26H22N2O7S/c1-4-32-25(31)22-14(2)27-26-28(23(22)17-9-10-19-20(11-17)34-13-33-19)24(30)21(36-26)12-16-7-5-6-8-18(16)35-15(3)29/h5-12,23H,4,13H2,1-3H3/b21-12-. The van der Waals surface area contributed by atoms with Gasteiger partial charge in [-0.3, -0.25) is 14.2 Å². The lowest BCUT2D eigenvalue weighted by molar-refractivity contribution is -0.139. The molecular formula is C26H22N2O7S. The van der Waals surface area contributed by atoms with E-state index in [9.17, 15) is 14.4 Å². The number of ether oxygens (including phenoxy) is 4. The average Bonchev–Trinajstić information content (AvgIpc) is 3.43. The van der Waals surface area contributed by atoms with Crippen LogP contribution in [-0.2, 0) is 14.3 Å². The number of esters is 2. The molecule has 3 heterocycles. The summed E-state index contributed by atoms with van der Waals surface area (Å²) < 4.78 is 23.4. The lowest BCUT2D eigenvalue weighted by Gasteiger charge is -2.24. The van der Waals surface area contributed by atoms with Gasteiger partial charge in [-0.25, -0.2) is 9.79 Å². The Labute approximate surface area is 209 Å². The number of allylic oxidation sites excluding steroid dienone is 1. The summed E-state index contributed by atoms with van der Waals surface area (Å²) in [6.45, 7) is 5.04. The van der Waals surface area contributed by atoms with Crippen LogP contribution >= 0.6 is 11.3 Å². The van der Waals surface area contributed by atoms with Crippen molar-refractivity contribution in [3.05, 3.63) is 84.5 Å². The zero-order valence-corrected chi connectivity index (χ0v) is 20.6. The first-order valence-electron chi connectivity index (χ1n) is 11.2. The Bertz CT molecular complexity index is 1600. The largest absolute Gasteiger partial charge is 0.463 e. The van der Waals surface area contributed by atoms with Gasteiger partial charge in [-0.05, 0) is 43.7 Å². The van der Waals surface area contributed by atoms with Gasteiger partial charge in [0.25, 0.3) is 5.56 Å². The molecular weight excluding hydrogens is 484 g/mol. The summed E-state index contributed by atoms with van der Waals surface area (Å²) >= 11 is 1.18. The molecule has 1 atom stereocenters. The minimum atomic E-state index is -0.777. The third-order valence-corrected chi connectivity index (χ3v) is 6.67. The lowest BCUT2D eigenvalue weighted by atomic mass is 9.95. The SMILES string of the molecule is CCOC(=O)C1=C(C)N=c2s/c(=C\c3ccccc3OC(C)=O)c(=O)n2C1c1ccc2c(c1)OCO2. The third-order valence-electron chi connectivity index (χ3n) is 5.69. The monoisotopic (exact) mass is 506 g/mol. The van der Waals surface area contributed by atoms with Crippen LogP contribution in [0.4, 0.5) is 0 Å². The van der Waals surface area contributed by atoms with Crippen LogP contribution in [0.15, 0.2) is 63.5 Å². The molecule has 3 aromatic rings. The van der Waals surface area contributed by atoms with Gasteiger partial charge in [0.2, 0.25) is 6.79 Å². The number of hydrogen-bond donors (Lipinski definition) is 0. The maximum atomic E-state index is 13.7. The van der Waals surface area contributed by atoms with Crippen molar-refractivity contribution in [1.29, 1.82) is 0 Å². The fourth-order valence-electron chi connectivity index (χ4n) is 4.18. The van der Waals surface area contributed by atoms with Gasteiger partial charge in [0.05, 0.1) is 28.5 Å². The average molecular weight is 507 g/mol. The number of hydrogen-bond acceptors (Lipinski definition) is 9. The minimum Gasteiger partial charge on any atom is -0.463 e. The van der Waals surface area contributed by atoms with E-state index in [1.165, 1.54) is 22.8 Å². The van der Waals surface area contributed by atoms with E-state index in [-0.39, 0.29) is 24.5 Å². The molecule has 0 bridgehead atoms. The van der Waals surface area contributed by atoms with Gasteiger partial charge in [0.15, 0.2) is 16.3 Å². The van der Waals surface area contributed by atoms with E-state index in [1.807, 2.05) is 0 Å². The second kappa shape index (κ2) is 9.46. The van der Waals surface area contributed by atoms with Crippen LogP contribution in [0.2, 0.25) is 0 Å². The van der Waals surface area contributed by atoms with Crippen molar-refractivity contribution in [3.8, 4) is 17.2 Å². The summed E-state index contributed by atoms with van der Waals surface area (Å²) in [6, 6.07) is 11.5. The van der Waals surface area contributed by atoms with Crippen LogP contribution in [0.1, 0.15) is 37.9 Å². The Morgan fingerprint density at radius 1 is 1.19 bits per heavy atom. The van der Waals surface area contributed by atoms with E-state index in [1.54, 1.807) is 62.4 Å². The molecule has 2 aliphatic rings. The Morgan fingerprint density at radius 3 is 2.75 bits per heavy atom. The Morgan fingerprint density at radius 2 is 1.97 bits per heavy atom. The van der Waals surface area contributed by atoms with Crippen molar-refractivity contribution in [2.75, 3.05) is 13.4 Å². The highest BCUT2D eigenvalue weighted by Crippen LogP contribution is 2.38. The van der Waals surface area contributed by atoms with Gasteiger partial charge >= 0.3 is 11.9 Å². The summed E-state index contributed by atoms with van der Waals surface area (Å²) in [4.78, 5) is 43.3. The zero-order chi connectivity index (χ0) is 25.4. The number of carbonyl (C=O) groups is 2. The van der Waals surface area contributed by atoms with Gasteiger partial charge in [-0.15, -0.1) is 0 Å². The van der Waals surface area contributed by atoms with Crippen molar-refractivity contribution in [2.24, 2.45) is 4.99 Å². The van der Waals surface area contributed by atoms with E-state index in [4.69, 9.17) is 18.9 Å². The fraction of sp³-hybridized carbons (Fsp3) is 0.231. The molecule has 0 saturated carbocycles. The number of para-hydroxylation sites is 1. The topological polar surface area (TPSA) is 105 Å². The Hall–Kier alpha value is -4.18. The molecule has 0 radical (unpaired) electrons. The highest BCUT2D eigenvalue weighted by Gasteiger charge is 2.34. The number of nitrogens with zero attached hydrogens (tertiary/aromatic N) is 2. The summed E-state index contributed by atoms with van der Waals surface area (Å²) in [5, 5.41) is 0. The predicted molar refractivity (Wildman–Crippen MR) is 131 cm³/mol. The number of fused-ring (bicyclic) bond motifs is 2. The highest BCUT2D eigenvalue weighted by atomic mass is 32.1. The lowest BCUT2D eigenvalue weighted by Crippen LogP contribution is -2.39. The second-order valence-corrected chi connectivity index (χ2v) is 9.06. The number of rotatable bonds is 5. The molecule has 184 valence electrons. The summed E-state index contributed by atoms with van der Waals surface area (Å²) in [5.41, 5.74) is 1.62. The van der Waals surface area contributed by atoms with Crippen molar-refractivity contribution >= 4 is 29.4 Å². The van der Waals surface area contributed by atoms with Gasteiger partial charge in [0, 0.05) is 12.5 Å². The van der Waals surface area contributed by atoms with E-state index >= 15 is 0 Å². The van der Waals surface area contributed by atoms with Gasteiger partial charge in [-0.2, -0.15) is 0 Å². The van der Waals surface area contributed by atoms with Crippen molar-refractivity contribution < 1.29 is 28.5 Å². The van der Waals surface area contributed by atoms with E-state index in [0.29, 0.717) is 43.4 Å². The second-order valence-electron chi connectivity index (χ2n) is 8.05. The Balaban J connectivity index is 1.71. The van der Waals surface area contributed by atoms with E-state index in [2.05, 4.69) is 4.99 Å². The van der Waals surface area contributed by atoms with Gasteiger partial charge in [-0.1, -0.05) is 35.6 Å². The number of carbonyl (C=O) groups excluding carboxylic acids is 2. The van der Waals surface area contributed by atoms with Crippen LogP contribution in [0.5, 0.6) is 17.2 Å². The first-order chi connectivity index (χ1) is 17.4. The van der Waals surface area contributed by atoms with E-state index < -0.39 is 18.0 Å². The van der Waals surface area contributed by atoms with Crippen molar-refractivity contribution in [1.82, 2.24) is 4.57 Å². The van der Waals surface area contributed by atoms with Crippen molar-refractivity contribution in [2.45, 2.75) is 26.8 Å². The number of aromatic nitrogens is 1. The van der Waals surface area contributed by atoms with E-state index in [0.717, 1.165) is 0 Å². The molecule has 1 unspecified atom stereocenters. The molecule has 0 saturated heterocycles. The maximum Gasteiger partial charge on any atom is 0.338 e. The van der Waals surface area contributed by atoms with Crippen LogP contribution < -0.4 is 29.1 Å². The van der Waals surface area contributed by atoms with Crippen molar-refractivity contribution in [3.63, 3.8) is 0 Å². The molecule has 0 fully saturated rings. The molecule has 0 N–H and O–H groups in total. The summed E-state index contributed by atoms with van der Waals surface area (Å²) in [5.74, 6) is 0.451. The molecule has 0 aliphatic carbocycles. The molecule has 36 heavy (non-hydrogen) atoms. The fourth-order valence-corrected chi connectivity index (χ4v) is 5.22. The molecule has 0 spiro atoms. The molecule has 2 aromatic carbocycles. The summed E-state index contributed by atoms with van der Waals surface area (Å²) in [7, 11) is 0. The highest BCUT2D eigenvalue weighted by molar-refractivity contribution is 7.07. The molecule has 2 aliphatic heterocycles. The Kier molecular flexibility index (Phi) is 6.19. The minimum absolute atomic E-state index is 0.100. The first-order valence-corrected chi connectivity index (χ1v) is 12.1. The first kappa shape index (κ1) is 23.6. The molecule has 9 nitrogen and oxygen atoms in total.